The smallest absolute Gasteiger partial charge is 0.271 e. The summed E-state index contributed by atoms with van der Waals surface area (Å²) in [4.78, 5) is 26.9. The second kappa shape index (κ2) is 6.67. The van der Waals surface area contributed by atoms with Crippen molar-refractivity contribution in [2.75, 3.05) is 7.05 Å². The summed E-state index contributed by atoms with van der Waals surface area (Å²) in [6.45, 7) is 1.90. The van der Waals surface area contributed by atoms with Gasteiger partial charge in [0.1, 0.15) is 17.5 Å². The van der Waals surface area contributed by atoms with Gasteiger partial charge in [-0.05, 0) is 30.7 Å². The van der Waals surface area contributed by atoms with Gasteiger partial charge in [-0.25, -0.2) is 5.43 Å². The third-order valence-corrected chi connectivity index (χ3v) is 5.60. The molecule has 2 heterocycles. The molecule has 3 N–H and O–H groups in total. The summed E-state index contributed by atoms with van der Waals surface area (Å²) < 4.78 is 6.11. The van der Waals surface area contributed by atoms with Crippen molar-refractivity contribution in [3.63, 3.8) is 0 Å². The van der Waals surface area contributed by atoms with Crippen LogP contribution in [0.5, 0.6) is 5.75 Å². The fraction of sp³-hybridized carbons (Fsp3) is 0.286. The van der Waals surface area contributed by atoms with Gasteiger partial charge in [-0.3, -0.25) is 9.59 Å². The van der Waals surface area contributed by atoms with Gasteiger partial charge in [0.25, 0.3) is 5.91 Å². The number of amidine groups is 1. The van der Waals surface area contributed by atoms with Crippen LogP contribution in [0.15, 0.2) is 59.7 Å². The third-order valence-electron chi connectivity index (χ3n) is 5.60. The largest absolute Gasteiger partial charge is 0.468 e. The lowest BCUT2D eigenvalue weighted by Crippen LogP contribution is -2.63. The number of benzene rings is 2. The quantitative estimate of drug-likeness (QED) is 0.485. The van der Waals surface area contributed by atoms with Crippen molar-refractivity contribution < 1.29 is 14.3 Å². The van der Waals surface area contributed by atoms with Crippen LogP contribution in [-0.2, 0) is 4.79 Å². The van der Waals surface area contributed by atoms with E-state index in [0.29, 0.717) is 12.0 Å². The number of para-hydroxylation sites is 1. The summed E-state index contributed by atoms with van der Waals surface area (Å²) in [5.41, 5.74) is 9.33. The van der Waals surface area contributed by atoms with E-state index in [4.69, 9.17) is 10.5 Å². The van der Waals surface area contributed by atoms with E-state index in [0.717, 1.165) is 11.3 Å². The van der Waals surface area contributed by atoms with Crippen molar-refractivity contribution in [1.29, 1.82) is 0 Å². The van der Waals surface area contributed by atoms with E-state index >= 15 is 0 Å². The second-order valence-corrected chi connectivity index (χ2v) is 7.34. The molecule has 7 nitrogen and oxygen atoms in total. The van der Waals surface area contributed by atoms with Crippen LogP contribution in [0.1, 0.15) is 35.2 Å². The van der Waals surface area contributed by atoms with Crippen LogP contribution in [0.25, 0.3) is 0 Å². The molecular formula is C21H22N4O3. The van der Waals surface area contributed by atoms with E-state index < -0.39 is 11.6 Å². The van der Waals surface area contributed by atoms with Gasteiger partial charge in [-0.1, -0.05) is 36.4 Å². The molecule has 0 spiro atoms. The Labute approximate surface area is 163 Å². The number of hydrazone groups is 1. The van der Waals surface area contributed by atoms with Gasteiger partial charge >= 0.3 is 0 Å². The maximum atomic E-state index is 13.1. The molecule has 2 aliphatic rings. The van der Waals surface area contributed by atoms with Gasteiger partial charge in [0.2, 0.25) is 5.91 Å². The number of carbonyl (C=O) groups excluding carboxylic acids is 2. The summed E-state index contributed by atoms with van der Waals surface area (Å²) in [7, 11) is 1.70. The molecule has 144 valence electrons. The number of hydrogen-bond acceptors (Lipinski definition) is 4. The van der Waals surface area contributed by atoms with Crippen molar-refractivity contribution in [1.82, 2.24) is 10.3 Å². The van der Waals surface area contributed by atoms with Crippen molar-refractivity contribution in [3.05, 3.63) is 65.7 Å². The van der Waals surface area contributed by atoms with Crippen molar-refractivity contribution in [2.45, 2.75) is 25.0 Å². The van der Waals surface area contributed by atoms with E-state index in [9.17, 15) is 9.59 Å². The number of nitrogens with zero attached hydrogens (tertiary/aromatic N) is 2. The minimum Gasteiger partial charge on any atom is -0.468 e. The highest BCUT2D eigenvalue weighted by Crippen LogP contribution is 2.49. The Hall–Kier alpha value is -3.35. The molecule has 2 aliphatic heterocycles. The zero-order valence-electron chi connectivity index (χ0n) is 15.8. The first-order valence-corrected chi connectivity index (χ1v) is 9.15. The molecule has 28 heavy (non-hydrogen) atoms. The van der Waals surface area contributed by atoms with Gasteiger partial charge in [0.05, 0.1) is 0 Å². The summed E-state index contributed by atoms with van der Waals surface area (Å²) in [5.74, 6) is -0.562. The average molecular weight is 378 g/mol. The predicted octanol–water partition coefficient (Wildman–Crippen LogP) is 2.06. The maximum absolute atomic E-state index is 13.1. The lowest BCUT2D eigenvalue weighted by Gasteiger charge is -2.51. The summed E-state index contributed by atoms with van der Waals surface area (Å²) in [6, 6.07) is 16.4. The summed E-state index contributed by atoms with van der Waals surface area (Å²) >= 11 is 0. The Bertz CT molecular complexity index is 959. The highest BCUT2D eigenvalue weighted by atomic mass is 16.5. The number of nitrogens with one attached hydrogen (secondary N) is 1. The van der Waals surface area contributed by atoms with Crippen LogP contribution in [0.3, 0.4) is 0 Å². The molecule has 1 fully saturated rings. The molecule has 0 aliphatic carbocycles. The number of amides is 2. The lowest BCUT2D eigenvalue weighted by atomic mass is 9.73. The Morgan fingerprint density at radius 3 is 2.64 bits per heavy atom. The number of piperidine rings is 1. The van der Waals surface area contributed by atoms with Gasteiger partial charge in [0.15, 0.2) is 5.72 Å². The zero-order valence-corrected chi connectivity index (χ0v) is 15.8. The third kappa shape index (κ3) is 2.89. The molecule has 0 saturated carbocycles. The Morgan fingerprint density at radius 1 is 1.21 bits per heavy atom. The van der Waals surface area contributed by atoms with Gasteiger partial charge < -0.3 is 15.4 Å². The number of carbonyl (C=O) groups is 2. The Kier molecular flexibility index (Phi) is 4.30. The number of likely N-dealkylation sites (tertiary alicyclic amines) is 1. The number of ether oxygens (including phenoxy) is 1. The molecule has 0 unspecified atom stereocenters. The van der Waals surface area contributed by atoms with Crippen molar-refractivity contribution >= 4 is 17.6 Å². The Balaban J connectivity index is 1.65. The molecular weight excluding hydrogens is 356 g/mol. The summed E-state index contributed by atoms with van der Waals surface area (Å²) in [6.07, 6.45) is 0.597. The fourth-order valence-electron chi connectivity index (χ4n) is 3.96. The van der Waals surface area contributed by atoms with Crippen molar-refractivity contribution in [3.8, 4) is 5.75 Å². The van der Waals surface area contributed by atoms with E-state index in [1.165, 1.54) is 0 Å². The molecule has 2 bridgehead atoms. The SMILES string of the molecule is CN1C(=O)[C@@H](/C(N)=N/NC(=O)c2ccccc2)[C@H]2C[C@@]1(C)Oc1ccccc12. The van der Waals surface area contributed by atoms with Gasteiger partial charge in [-0.2, -0.15) is 5.10 Å². The highest BCUT2D eigenvalue weighted by Gasteiger charge is 2.53. The first-order valence-electron chi connectivity index (χ1n) is 9.15. The minimum atomic E-state index is -0.736. The first-order chi connectivity index (χ1) is 13.4. The number of nitrogens with two attached hydrogens (primary N) is 1. The monoisotopic (exact) mass is 378 g/mol. The van der Waals surface area contributed by atoms with E-state index in [1.807, 2.05) is 37.3 Å². The van der Waals surface area contributed by atoms with E-state index in [1.54, 1.807) is 36.2 Å². The van der Waals surface area contributed by atoms with Crippen LogP contribution in [-0.4, -0.2) is 35.3 Å². The number of hydrogen-bond donors (Lipinski definition) is 2. The molecule has 2 amide bonds. The number of rotatable bonds is 3. The van der Waals surface area contributed by atoms with Gasteiger partial charge in [-0.15, -0.1) is 0 Å². The van der Waals surface area contributed by atoms with Crippen LogP contribution < -0.4 is 15.9 Å². The molecule has 0 aromatic heterocycles. The molecule has 2 aromatic carbocycles. The number of fused-ring (bicyclic) bond motifs is 4. The maximum Gasteiger partial charge on any atom is 0.271 e. The average Bonchev–Trinajstić information content (AvgIpc) is 2.71. The topological polar surface area (TPSA) is 97.0 Å². The molecule has 1 saturated heterocycles. The van der Waals surface area contributed by atoms with Gasteiger partial charge in [0, 0.05) is 24.9 Å². The highest BCUT2D eigenvalue weighted by molar-refractivity contribution is 6.05. The van der Waals surface area contributed by atoms with Crippen molar-refractivity contribution in [2.24, 2.45) is 16.8 Å². The lowest BCUT2D eigenvalue weighted by molar-refractivity contribution is -0.164. The molecule has 2 aromatic rings. The normalized spacial score (nSPS) is 26.3. The zero-order chi connectivity index (χ0) is 19.9. The molecule has 0 radical (unpaired) electrons. The first kappa shape index (κ1) is 18.0. The predicted molar refractivity (Wildman–Crippen MR) is 105 cm³/mol. The molecule has 4 rings (SSSR count). The van der Waals surface area contributed by atoms with Crippen LogP contribution in [0.4, 0.5) is 0 Å². The van der Waals surface area contributed by atoms with Crippen LogP contribution in [0, 0.1) is 5.92 Å². The van der Waals surface area contributed by atoms with Crippen LogP contribution in [0.2, 0.25) is 0 Å². The van der Waals surface area contributed by atoms with Crippen LogP contribution >= 0.6 is 0 Å². The second-order valence-electron chi connectivity index (χ2n) is 7.34. The minimum absolute atomic E-state index is 0.0879. The molecule has 7 heteroatoms. The Morgan fingerprint density at radius 2 is 1.89 bits per heavy atom. The molecule has 3 atom stereocenters. The summed E-state index contributed by atoms with van der Waals surface area (Å²) in [5, 5.41) is 4.06. The van der Waals surface area contributed by atoms with E-state index in [-0.39, 0.29) is 23.6 Å². The standard InChI is InChI=1S/C21H22N4O3/c1-21-12-15(14-10-6-7-11-16(14)28-21)17(20(27)25(21)2)18(22)23-24-19(26)13-8-4-3-5-9-13/h3-11,15,17H,12H2,1-2H3,(H2,22,23)(H,24,26)/t15-,17+,21+/m0/s1. The van der Waals surface area contributed by atoms with E-state index in [2.05, 4.69) is 10.5 Å². The fourth-order valence-corrected chi connectivity index (χ4v) is 3.96.